The van der Waals surface area contributed by atoms with Crippen molar-refractivity contribution in [1.82, 2.24) is 29.2 Å². The Bertz CT molecular complexity index is 1830. The fraction of sp³-hybridized carbons (Fsp3) is 0.387. The van der Waals surface area contributed by atoms with Crippen molar-refractivity contribution in [3.8, 4) is 17.3 Å². The molecule has 228 valence electrons. The molecule has 1 N–H and O–H groups in total. The van der Waals surface area contributed by atoms with Crippen LogP contribution in [0.4, 0.5) is 23.1 Å². The number of benzene rings is 1. The van der Waals surface area contributed by atoms with Crippen LogP contribution in [-0.2, 0) is 11.3 Å². The van der Waals surface area contributed by atoms with Crippen LogP contribution >= 0.6 is 0 Å². The third-order valence-corrected chi connectivity index (χ3v) is 8.56. The first-order valence-corrected chi connectivity index (χ1v) is 14.9. The van der Waals surface area contributed by atoms with Crippen molar-refractivity contribution in [3.63, 3.8) is 0 Å². The first-order valence-electron chi connectivity index (χ1n) is 14.9. The normalized spacial score (nSPS) is 19.5. The van der Waals surface area contributed by atoms with Crippen molar-refractivity contribution in [3.05, 3.63) is 59.0 Å². The molecule has 4 aromatic rings. The van der Waals surface area contributed by atoms with Gasteiger partial charge < -0.3 is 24.6 Å². The number of hydrogen-bond donors (Lipinski definition) is 1. The number of allylic oxidation sites excluding steroid dienone is 2. The summed E-state index contributed by atoms with van der Waals surface area (Å²) in [4.78, 5) is 46.8. The first-order chi connectivity index (χ1) is 21.4. The number of carbonyl (C=O) groups is 1. The molecule has 1 aromatic carbocycles. The van der Waals surface area contributed by atoms with Crippen molar-refractivity contribution in [2.45, 2.75) is 32.4 Å². The number of amides is 1. The third-order valence-electron chi connectivity index (χ3n) is 8.56. The van der Waals surface area contributed by atoms with E-state index in [1.54, 1.807) is 33.5 Å². The number of piperazine rings is 1. The Hall–Kier alpha value is -4.91. The lowest BCUT2D eigenvalue weighted by Gasteiger charge is -2.39. The number of fused-ring (bicyclic) bond motifs is 5. The van der Waals surface area contributed by atoms with Crippen LogP contribution < -0.4 is 30.1 Å². The predicted octanol–water partition coefficient (Wildman–Crippen LogP) is 2.95. The second kappa shape index (κ2) is 11.3. The highest BCUT2D eigenvalue weighted by atomic mass is 16.5. The van der Waals surface area contributed by atoms with E-state index in [1.165, 1.54) is 6.20 Å². The molecule has 0 aliphatic carbocycles. The SMILES string of the molecule is COc1cc(Nc2ncc3c(=O)n4n(c3n2)-c2ccc3c(n2)N(CCC/C=C\C4)C(=O)CO3)ccc1N1CCN(C)C(C)C1. The molecule has 13 heteroatoms. The van der Waals surface area contributed by atoms with E-state index >= 15 is 0 Å². The maximum Gasteiger partial charge on any atom is 0.278 e. The van der Waals surface area contributed by atoms with Crippen LogP contribution in [0.3, 0.4) is 0 Å². The maximum atomic E-state index is 13.6. The number of hydrogen-bond acceptors (Lipinski definition) is 10. The van der Waals surface area contributed by atoms with Gasteiger partial charge in [-0.25, -0.2) is 19.3 Å². The Labute approximate surface area is 254 Å². The topological polar surface area (TPSA) is 123 Å². The number of ether oxygens (including phenoxy) is 2. The Morgan fingerprint density at radius 2 is 1.95 bits per heavy atom. The van der Waals surface area contributed by atoms with E-state index in [-0.39, 0.29) is 18.1 Å². The number of aromatic nitrogens is 5. The van der Waals surface area contributed by atoms with Crippen molar-refractivity contribution >= 4 is 40.1 Å². The molecular formula is C31H35N9O4. The zero-order chi connectivity index (χ0) is 30.4. The van der Waals surface area contributed by atoms with Crippen LogP contribution in [0, 0.1) is 0 Å². The molecule has 1 fully saturated rings. The average Bonchev–Trinajstić information content (AvgIpc) is 3.30. The second-order valence-electron chi connectivity index (χ2n) is 11.4. The van der Waals surface area contributed by atoms with Crippen LogP contribution in [0.2, 0.25) is 0 Å². The molecule has 13 nitrogen and oxygen atoms in total. The van der Waals surface area contributed by atoms with E-state index in [0.29, 0.717) is 53.5 Å². The van der Waals surface area contributed by atoms with Gasteiger partial charge in [-0.2, -0.15) is 4.98 Å². The number of rotatable bonds is 4. The predicted molar refractivity (Wildman–Crippen MR) is 168 cm³/mol. The molecule has 6 heterocycles. The quantitative estimate of drug-likeness (QED) is 0.351. The molecule has 3 aliphatic heterocycles. The summed E-state index contributed by atoms with van der Waals surface area (Å²) in [5.41, 5.74) is 1.96. The lowest BCUT2D eigenvalue weighted by molar-refractivity contribution is -0.121. The van der Waals surface area contributed by atoms with Crippen molar-refractivity contribution < 1.29 is 14.3 Å². The molecule has 1 unspecified atom stereocenters. The Morgan fingerprint density at radius 1 is 1.07 bits per heavy atom. The smallest absolute Gasteiger partial charge is 0.278 e. The fourth-order valence-electron chi connectivity index (χ4n) is 5.97. The summed E-state index contributed by atoms with van der Waals surface area (Å²) in [5.74, 6) is 2.36. The molecule has 1 amide bonds. The van der Waals surface area contributed by atoms with Gasteiger partial charge in [-0.05, 0) is 51.1 Å². The molecule has 0 saturated carbocycles. The Morgan fingerprint density at radius 3 is 2.80 bits per heavy atom. The molecule has 3 aliphatic rings. The van der Waals surface area contributed by atoms with Gasteiger partial charge in [0, 0.05) is 50.2 Å². The summed E-state index contributed by atoms with van der Waals surface area (Å²) in [6.07, 6.45) is 7.06. The largest absolute Gasteiger partial charge is 0.495 e. The highest BCUT2D eigenvalue weighted by Crippen LogP contribution is 2.34. The number of methoxy groups -OCH3 is 1. The van der Waals surface area contributed by atoms with Gasteiger partial charge in [0.1, 0.15) is 11.1 Å². The van der Waals surface area contributed by atoms with Gasteiger partial charge in [-0.3, -0.25) is 14.5 Å². The van der Waals surface area contributed by atoms with Crippen molar-refractivity contribution in [2.75, 3.05) is 62.1 Å². The van der Waals surface area contributed by atoms with Gasteiger partial charge in [0.05, 0.1) is 19.3 Å². The van der Waals surface area contributed by atoms with Crippen molar-refractivity contribution in [2.24, 2.45) is 0 Å². The van der Waals surface area contributed by atoms with E-state index < -0.39 is 0 Å². The molecule has 3 aromatic heterocycles. The standard InChI is InChI=1S/C31H35N9O4/c1-20-18-37(15-14-36(20)2)23-9-8-21(16-25(23)43-3)33-31-32-17-22-28(35-31)40-26-11-10-24-29(34-26)38(27(41)19-44-24)12-6-4-5-7-13-39(40)30(22)42/h5,7-11,16-17,20H,4,6,12-15,18-19H2,1-3H3,(H,32,33,35)/b7-5-. The lowest BCUT2D eigenvalue weighted by Crippen LogP contribution is -2.50. The van der Waals surface area contributed by atoms with Crippen LogP contribution in [-0.4, -0.2) is 88.1 Å². The van der Waals surface area contributed by atoms with Gasteiger partial charge in [0.25, 0.3) is 11.5 Å². The maximum absolute atomic E-state index is 13.6. The number of pyridine rings is 1. The second-order valence-corrected chi connectivity index (χ2v) is 11.4. The Kier molecular flexibility index (Phi) is 7.17. The Balaban J connectivity index is 1.27. The van der Waals surface area contributed by atoms with Gasteiger partial charge in [0.15, 0.2) is 29.6 Å². The molecule has 0 spiro atoms. The van der Waals surface area contributed by atoms with Gasteiger partial charge >= 0.3 is 0 Å². The summed E-state index contributed by atoms with van der Waals surface area (Å²) < 4.78 is 14.7. The van der Waals surface area contributed by atoms with Crippen LogP contribution in [0.25, 0.3) is 16.9 Å². The van der Waals surface area contributed by atoms with E-state index in [0.717, 1.165) is 49.6 Å². The van der Waals surface area contributed by atoms with E-state index in [2.05, 4.69) is 34.1 Å². The first kappa shape index (κ1) is 27.9. The number of nitrogens with zero attached hydrogens (tertiary/aromatic N) is 8. The molecule has 2 bridgehead atoms. The summed E-state index contributed by atoms with van der Waals surface area (Å²) in [6, 6.07) is 9.96. The van der Waals surface area contributed by atoms with Gasteiger partial charge in [-0.15, -0.1) is 0 Å². The summed E-state index contributed by atoms with van der Waals surface area (Å²) in [6.45, 7) is 5.88. The zero-order valence-corrected chi connectivity index (χ0v) is 25.1. The lowest BCUT2D eigenvalue weighted by atomic mass is 10.1. The number of likely N-dealkylation sites (N-methyl/N-ethyl adjacent to an activating group) is 1. The molecule has 7 rings (SSSR count). The van der Waals surface area contributed by atoms with Crippen LogP contribution in [0.5, 0.6) is 11.5 Å². The van der Waals surface area contributed by atoms with Crippen LogP contribution in [0.15, 0.2) is 53.5 Å². The van der Waals surface area contributed by atoms with Crippen LogP contribution in [0.1, 0.15) is 19.8 Å². The third kappa shape index (κ3) is 4.92. The van der Waals surface area contributed by atoms with Gasteiger partial charge in [0.2, 0.25) is 5.95 Å². The molecule has 1 atom stereocenters. The summed E-state index contributed by atoms with van der Waals surface area (Å²) in [5, 5.41) is 3.65. The zero-order valence-electron chi connectivity index (χ0n) is 25.1. The minimum atomic E-state index is -0.232. The fourth-order valence-corrected chi connectivity index (χ4v) is 5.97. The highest BCUT2D eigenvalue weighted by Gasteiger charge is 2.29. The minimum absolute atomic E-state index is 0.0243. The van der Waals surface area contributed by atoms with Gasteiger partial charge in [-0.1, -0.05) is 12.2 Å². The highest BCUT2D eigenvalue weighted by molar-refractivity contribution is 5.96. The summed E-state index contributed by atoms with van der Waals surface area (Å²) in [7, 11) is 3.82. The minimum Gasteiger partial charge on any atom is -0.495 e. The number of anilines is 4. The molecular weight excluding hydrogens is 562 g/mol. The van der Waals surface area contributed by atoms with E-state index in [4.69, 9.17) is 19.4 Å². The molecule has 44 heavy (non-hydrogen) atoms. The molecule has 0 radical (unpaired) electrons. The number of nitrogens with one attached hydrogen (secondary N) is 1. The monoisotopic (exact) mass is 597 g/mol. The number of carbonyl (C=O) groups excluding carboxylic acids is 1. The molecule has 1 saturated heterocycles. The van der Waals surface area contributed by atoms with E-state index in [1.807, 2.05) is 30.4 Å². The van der Waals surface area contributed by atoms with Crippen molar-refractivity contribution in [1.29, 1.82) is 0 Å². The summed E-state index contributed by atoms with van der Waals surface area (Å²) >= 11 is 0. The average molecular weight is 598 g/mol. The van der Waals surface area contributed by atoms with E-state index in [9.17, 15) is 9.59 Å².